The van der Waals surface area contributed by atoms with Crippen molar-refractivity contribution >= 4 is 27.5 Å². The number of fused-ring (bicyclic) bond motifs is 2. The van der Waals surface area contributed by atoms with Gasteiger partial charge in [0, 0.05) is 16.1 Å². The van der Waals surface area contributed by atoms with Crippen LogP contribution in [0.25, 0.3) is 16.9 Å². The fourth-order valence-electron chi connectivity index (χ4n) is 5.31. The summed E-state index contributed by atoms with van der Waals surface area (Å²) in [6.45, 7) is 0.453. The molecule has 6 rings (SSSR count). The Hall–Kier alpha value is -3.52. The molecule has 1 aliphatic heterocycles. The number of hydrogen-bond acceptors (Lipinski definition) is 3. The quantitative estimate of drug-likeness (QED) is 0.283. The van der Waals surface area contributed by atoms with Gasteiger partial charge in [0.05, 0.1) is 36.6 Å². The van der Waals surface area contributed by atoms with E-state index in [2.05, 4.69) is 21.0 Å². The number of anilines is 1. The highest BCUT2D eigenvalue weighted by Crippen LogP contribution is 2.56. The molecule has 3 aromatic carbocycles. The maximum absolute atomic E-state index is 14.6. The van der Waals surface area contributed by atoms with E-state index in [4.69, 9.17) is 4.74 Å². The third-order valence-corrected chi connectivity index (χ3v) is 7.89. The minimum atomic E-state index is -0.698. The molecule has 1 amide bonds. The van der Waals surface area contributed by atoms with Crippen molar-refractivity contribution < 1.29 is 18.3 Å². The number of carbonyl (C=O) groups excluding carboxylic acids is 1. The lowest BCUT2D eigenvalue weighted by atomic mass is 9.65. The van der Waals surface area contributed by atoms with Gasteiger partial charge in [0.1, 0.15) is 17.3 Å². The molecule has 2 aliphatic rings. The van der Waals surface area contributed by atoms with Gasteiger partial charge in [-0.15, -0.1) is 0 Å². The average Bonchev–Trinajstić information content (AvgIpc) is 3.41. The van der Waals surface area contributed by atoms with E-state index in [1.807, 2.05) is 41.3 Å². The Morgan fingerprint density at radius 2 is 1.83 bits per heavy atom. The molecule has 36 heavy (non-hydrogen) atoms. The van der Waals surface area contributed by atoms with Gasteiger partial charge >= 0.3 is 0 Å². The molecular weight excluding hydrogens is 528 g/mol. The summed E-state index contributed by atoms with van der Waals surface area (Å²) in [6, 6.07) is 16.9. The molecule has 1 fully saturated rings. The number of nitrogens with zero attached hydrogens (tertiary/aromatic N) is 3. The molecule has 0 radical (unpaired) electrons. The number of amides is 1. The number of methoxy groups -OCH3 is 1. The summed E-state index contributed by atoms with van der Waals surface area (Å²) in [6.07, 6.45) is 4.15. The number of halogens is 3. The topological polar surface area (TPSA) is 47.4 Å². The fraction of sp³-hybridized carbons (Fsp3) is 0.214. The van der Waals surface area contributed by atoms with E-state index in [-0.39, 0.29) is 11.6 Å². The third kappa shape index (κ3) is 3.46. The zero-order valence-corrected chi connectivity index (χ0v) is 21.1. The van der Waals surface area contributed by atoms with E-state index in [0.29, 0.717) is 12.2 Å². The molecule has 182 valence electrons. The Labute approximate surface area is 215 Å². The van der Waals surface area contributed by atoms with E-state index in [1.54, 1.807) is 19.4 Å². The van der Waals surface area contributed by atoms with Crippen molar-refractivity contribution in [2.45, 2.75) is 31.2 Å². The highest BCUT2D eigenvalue weighted by molar-refractivity contribution is 9.10. The van der Waals surface area contributed by atoms with Crippen LogP contribution in [0.15, 0.2) is 71.3 Å². The molecule has 0 N–H and O–H groups in total. The number of hydrogen-bond donors (Lipinski definition) is 0. The average molecular weight is 550 g/mol. The molecule has 8 heteroatoms. The van der Waals surface area contributed by atoms with Crippen molar-refractivity contribution in [1.82, 2.24) is 9.78 Å². The SMILES string of the molecule is COc1ccc(CN2C(=O)C3(CCC3)c3cc(-c4ccnn4-c4ccc(F)cc4F)cc(Br)c32)cc1. The van der Waals surface area contributed by atoms with Gasteiger partial charge in [0.2, 0.25) is 5.91 Å². The molecule has 0 atom stereocenters. The second kappa shape index (κ2) is 8.55. The van der Waals surface area contributed by atoms with Crippen LogP contribution in [-0.4, -0.2) is 22.8 Å². The van der Waals surface area contributed by atoms with E-state index in [1.165, 1.54) is 16.8 Å². The first-order valence-corrected chi connectivity index (χ1v) is 12.5. The van der Waals surface area contributed by atoms with Gasteiger partial charge in [-0.1, -0.05) is 18.6 Å². The predicted molar refractivity (Wildman–Crippen MR) is 136 cm³/mol. The van der Waals surface area contributed by atoms with Crippen LogP contribution in [0.1, 0.15) is 30.4 Å². The third-order valence-electron chi connectivity index (χ3n) is 7.29. The van der Waals surface area contributed by atoms with Crippen molar-refractivity contribution in [3.05, 3.63) is 94.1 Å². The normalized spacial score (nSPS) is 15.8. The summed E-state index contributed by atoms with van der Waals surface area (Å²) < 4.78 is 35.6. The summed E-state index contributed by atoms with van der Waals surface area (Å²) in [4.78, 5) is 15.6. The van der Waals surface area contributed by atoms with Gasteiger partial charge in [-0.2, -0.15) is 5.10 Å². The molecule has 2 heterocycles. The zero-order valence-electron chi connectivity index (χ0n) is 19.5. The predicted octanol–water partition coefficient (Wildman–Crippen LogP) is 6.56. The summed E-state index contributed by atoms with van der Waals surface area (Å²) in [5, 5.41) is 4.30. The maximum Gasteiger partial charge on any atom is 0.238 e. The molecule has 1 aliphatic carbocycles. The second-order valence-corrected chi connectivity index (χ2v) is 10.1. The van der Waals surface area contributed by atoms with E-state index in [0.717, 1.165) is 57.9 Å². The first kappa shape index (κ1) is 22.9. The van der Waals surface area contributed by atoms with Gasteiger partial charge in [0.15, 0.2) is 5.82 Å². The number of carbonyl (C=O) groups is 1. The van der Waals surface area contributed by atoms with Crippen LogP contribution in [0.4, 0.5) is 14.5 Å². The van der Waals surface area contributed by atoms with Gasteiger partial charge in [-0.25, -0.2) is 13.5 Å². The first-order valence-electron chi connectivity index (χ1n) is 11.7. The molecule has 1 spiro atoms. The number of ether oxygens (including phenoxy) is 1. The van der Waals surface area contributed by atoms with Crippen LogP contribution in [-0.2, 0) is 16.8 Å². The number of aromatic nitrogens is 2. The van der Waals surface area contributed by atoms with Crippen LogP contribution in [0.5, 0.6) is 5.75 Å². The molecule has 5 nitrogen and oxygen atoms in total. The monoisotopic (exact) mass is 549 g/mol. The number of benzene rings is 3. The summed E-state index contributed by atoms with van der Waals surface area (Å²) in [5.41, 5.74) is 3.91. The molecule has 0 bridgehead atoms. The molecule has 1 saturated carbocycles. The van der Waals surface area contributed by atoms with Gasteiger partial charge in [-0.05, 0) is 82.4 Å². The van der Waals surface area contributed by atoms with Crippen LogP contribution >= 0.6 is 15.9 Å². The largest absolute Gasteiger partial charge is 0.497 e. The van der Waals surface area contributed by atoms with E-state index >= 15 is 0 Å². The van der Waals surface area contributed by atoms with Crippen molar-refractivity contribution in [3.63, 3.8) is 0 Å². The Morgan fingerprint density at radius 3 is 2.50 bits per heavy atom. The van der Waals surface area contributed by atoms with Gasteiger partial charge in [0.25, 0.3) is 0 Å². The summed E-state index contributed by atoms with van der Waals surface area (Å²) >= 11 is 3.73. The van der Waals surface area contributed by atoms with Crippen molar-refractivity contribution in [2.24, 2.45) is 0 Å². The number of rotatable bonds is 5. The summed E-state index contributed by atoms with van der Waals surface area (Å²) in [7, 11) is 1.63. The Kier molecular flexibility index (Phi) is 5.44. The molecular formula is C28H22BrF2N3O2. The molecule has 0 saturated heterocycles. The Morgan fingerprint density at radius 1 is 1.06 bits per heavy atom. The van der Waals surface area contributed by atoms with Crippen LogP contribution in [0, 0.1) is 11.6 Å². The van der Waals surface area contributed by atoms with Crippen LogP contribution in [0.2, 0.25) is 0 Å². The zero-order chi connectivity index (χ0) is 25.0. The molecule has 0 unspecified atom stereocenters. The highest BCUT2D eigenvalue weighted by atomic mass is 79.9. The van der Waals surface area contributed by atoms with Crippen molar-refractivity contribution in [1.29, 1.82) is 0 Å². The van der Waals surface area contributed by atoms with Crippen molar-refractivity contribution in [3.8, 4) is 22.7 Å². The highest BCUT2D eigenvalue weighted by Gasteiger charge is 2.55. The van der Waals surface area contributed by atoms with Gasteiger partial charge in [-0.3, -0.25) is 4.79 Å². The lowest BCUT2D eigenvalue weighted by Gasteiger charge is -2.37. The first-order chi connectivity index (χ1) is 17.4. The molecule has 1 aromatic heterocycles. The van der Waals surface area contributed by atoms with Crippen LogP contribution < -0.4 is 9.64 Å². The fourth-order valence-corrected chi connectivity index (χ4v) is 5.98. The smallest absolute Gasteiger partial charge is 0.238 e. The minimum absolute atomic E-state index is 0.107. The maximum atomic E-state index is 14.6. The minimum Gasteiger partial charge on any atom is -0.497 e. The standard InChI is InChI=1S/C28H22BrF2N3O2/c1-36-20-6-3-17(4-7-20)16-33-26-21(28(27(33)35)10-2-11-28)13-18(14-22(26)29)24-9-12-32-34(24)25-8-5-19(30)15-23(25)31/h3-9,12-15H,2,10-11,16H2,1H3. The lowest BCUT2D eigenvalue weighted by molar-refractivity contribution is -0.126. The lowest BCUT2D eigenvalue weighted by Crippen LogP contribution is -2.44. The van der Waals surface area contributed by atoms with Crippen molar-refractivity contribution in [2.75, 3.05) is 12.0 Å². The van der Waals surface area contributed by atoms with Gasteiger partial charge < -0.3 is 9.64 Å². The Bertz CT molecular complexity index is 1500. The van der Waals surface area contributed by atoms with E-state index in [9.17, 15) is 13.6 Å². The second-order valence-electron chi connectivity index (χ2n) is 9.25. The molecule has 4 aromatic rings. The van der Waals surface area contributed by atoms with Crippen LogP contribution in [0.3, 0.4) is 0 Å². The Balaban J connectivity index is 1.44. The van der Waals surface area contributed by atoms with E-state index < -0.39 is 17.0 Å². The summed E-state index contributed by atoms with van der Waals surface area (Å²) in [5.74, 6) is -0.470.